The van der Waals surface area contributed by atoms with E-state index in [1.807, 2.05) is 6.92 Å². The summed E-state index contributed by atoms with van der Waals surface area (Å²) in [6.07, 6.45) is 3.59. The van der Waals surface area contributed by atoms with Crippen molar-refractivity contribution < 1.29 is 9.53 Å². The Balaban J connectivity index is 1.85. The first-order chi connectivity index (χ1) is 9.54. The van der Waals surface area contributed by atoms with E-state index in [-0.39, 0.29) is 18.1 Å². The fourth-order valence-electron chi connectivity index (χ4n) is 3.56. The number of hydrogen-bond donors (Lipinski definition) is 1. The van der Waals surface area contributed by atoms with E-state index in [1.165, 1.54) is 6.42 Å². The van der Waals surface area contributed by atoms with Crippen molar-refractivity contribution in [3.05, 3.63) is 0 Å². The lowest BCUT2D eigenvalue weighted by atomic mass is 9.87. The fourth-order valence-corrected chi connectivity index (χ4v) is 3.56. The molecule has 1 N–H and O–H groups in total. The molecule has 4 unspecified atom stereocenters. The average molecular weight is 282 g/mol. The number of rotatable bonds is 4. The summed E-state index contributed by atoms with van der Waals surface area (Å²) in [6.45, 7) is 11.3. The summed E-state index contributed by atoms with van der Waals surface area (Å²) >= 11 is 0. The number of likely N-dealkylation sites (tertiary alicyclic amines) is 1. The molecule has 2 rings (SSSR count). The van der Waals surface area contributed by atoms with Gasteiger partial charge in [0.1, 0.15) is 0 Å². The van der Waals surface area contributed by atoms with E-state index in [4.69, 9.17) is 4.74 Å². The molecule has 2 aliphatic rings. The molecule has 4 heteroatoms. The Kier molecular flexibility index (Phi) is 5.44. The quantitative estimate of drug-likeness (QED) is 0.858. The minimum atomic E-state index is 0.0464. The number of hydrogen-bond acceptors (Lipinski definition) is 3. The second kappa shape index (κ2) is 6.90. The van der Waals surface area contributed by atoms with E-state index in [2.05, 4.69) is 31.0 Å². The first kappa shape index (κ1) is 15.8. The van der Waals surface area contributed by atoms with Gasteiger partial charge in [0.15, 0.2) is 0 Å². The first-order valence-electron chi connectivity index (χ1n) is 8.22. The van der Waals surface area contributed by atoms with E-state index in [9.17, 15) is 4.79 Å². The molecular formula is C16H30N2O2. The van der Waals surface area contributed by atoms with Crippen molar-refractivity contribution >= 4 is 5.91 Å². The average Bonchev–Trinajstić information content (AvgIpc) is 2.70. The second-order valence-corrected chi connectivity index (χ2v) is 6.48. The Morgan fingerprint density at radius 1 is 1.20 bits per heavy atom. The molecule has 2 saturated heterocycles. The zero-order valence-corrected chi connectivity index (χ0v) is 13.4. The largest absolute Gasteiger partial charge is 0.374 e. The molecule has 2 aliphatic heterocycles. The van der Waals surface area contributed by atoms with Crippen molar-refractivity contribution in [2.24, 2.45) is 11.8 Å². The monoisotopic (exact) mass is 282 g/mol. The van der Waals surface area contributed by atoms with E-state index in [0.717, 1.165) is 32.5 Å². The van der Waals surface area contributed by atoms with Crippen LogP contribution in [0.5, 0.6) is 0 Å². The third-order valence-corrected chi connectivity index (χ3v) is 5.02. The summed E-state index contributed by atoms with van der Waals surface area (Å²) in [5.41, 5.74) is 0. The molecule has 4 nitrogen and oxygen atoms in total. The van der Waals surface area contributed by atoms with Gasteiger partial charge >= 0.3 is 0 Å². The third kappa shape index (κ3) is 3.34. The van der Waals surface area contributed by atoms with Crippen LogP contribution in [0.2, 0.25) is 0 Å². The Morgan fingerprint density at radius 2 is 1.85 bits per heavy atom. The number of nitrogens with one attached hydrogen (secondary N) is 1. The highest BCUT2D eigenvalue weighted by Gasteiger charge is 2.43. The molecule has 0 spiro atoms. The Hall–Kier alpha value is -0.610. The third-order valence-electron chi connectivity index (χ3n) is 5.02. The van der Waals surface area contributed by atoms with Crippen molar-refractivity contribution in [1.82, 2.24) is 10.2 Å². The van der Waals surface area contributed by atoms with Crippen LogP contribution in [0.15, 0.2) is 0 Å². The minimum Gasteiger partial charge on any atom is -0.374 e. The fraction of sp³-hybridized carbons (Fsp3) is 0.938. The van der Waals surface area contributed by atoms with Gasteiger partial charge in [-0.1, -0.05) is 13.8 Å². The molecular weight excluding hydrogens is 252 g/mol. The second-order valence-electron chi connectivity index (χ2n) is 6.48. The number of amides is 1. The highest BCUT2D eigenvalue weighted by Crippen LogP contribution is 2.34. The number of nitrogens with zero attached hydrogens (tertiary/aromatic N) is 1. The van der Waals surface area contributed by atoms with Crippen LogP contribution in [0.25, 0.3) is 0 Å². The van der Waals surface area contributed by atoms with Crippen LogP contribution in [0, 0.1) is 11.8 Å². The molecule has 0 aromatic carbocycles. The topological polar surface area (TPSA) is 41.6 Å². The smallest absolute Gasteiger partial charge is 0.228 e. The Bertz CT molecular complexity index is 326. The van der Waals surface area contributed by atoms with E-state index >= 15 is 0 Å². The molecule has 20 heavy (non-hydrogen) atoms. The van der Waals surface area contributed by atoms with E-state index < -0.39 is 0 Å². The molecule has 0 aliphatic carbocycles. The lowest BCUT2D eigenvalue weighted by molar-refractivity contribution is -0.139. The molecule has 2 heterocycles. The molecule has 2 fully saturated rings. The molecule has 0 aromatic heterocycles. The van der Waals surface area contributed by atoms with E-state index in [1.54, 1.807) is 0 Å². The van der Waals surface area contributed by atoms with Crippen molar-refractivity contribution in [2.45, 2.75) is 65.2 Å². The lowest BCUT2D eigenvalue weighted by Crippen LogP contribution is -2.48. The highest BCUT2D eigenvalue weighted by atomic mass is 16.5. The molecule has 1 amide bonds. The molecule has 0 bridgehead atoms. The summed E-state index contributed by atoms with van der Waals surface area (Å²) in [7, 11) is 0. The Labute approximate surface area is 123 Å². The van der Waals surface area contributed by atoms with Gasteiger partial charge in [-0.3, -0.25) is 4.79 Å². The molecule has 0 saturated carbocycles. The van der Waals surface area contributed by atoms with Gasteiger partial charge in [0.25, 0.3) is 0 Å². The van der Waals surface area contributed by atoms with Gasteiger partial charge < -0.3 is 15.0 Å². The predicted octanol–water partition coefficient (Wildman–Crippen LogP) is 2.04. The van der Waals surface area contributed by atoms with Gasteiger partial charge in [0.2, 0.25) is 5.91 Å². The van der Waals surface area contributed by atoms with Crippen molar-refractivity contribution in [1.29, 1.82) is 0 Å². The zero-order valence-electron chi connectivity index (χ0n) is 13.4. The maximum Gasteiger partial charge on any atom is 0.228 e. The summed E-state index contributed by atoms with van der Waals surface area (Å²) in [6, 6.07) is 0.590. The Morgan fingerprint density at radius 3 is 2.35 bits per heavy atom. The predicted molar refractivity (Wildman–Crippen MR) is 80.6 cm³/mol. The maximum absolute atomic E-state index is 12.7. The van der Waals surface area contributed by atoms with Gasteiger partial charge in [-0.15, -0.1) is 0 Å². The SMILES string of the molecule is CCCNC1CCN(C(=O)C2C(C)OC(C)C2C)CC1. The van der Waals surface area contributed by atoms with Gasteiger partial charge in [0.05, 0.1) is 18.1 Å². The van der Waals surface area contributed by atoms with Crippen molar-refractivity contribution in [2.75, 3.05) is 19.6 Å². The molecule has 0 aromatic rings. The lowest BCUT2D eigenvalue weighted by Gasteiger charge is -2.35. The normalized spacial score (nSPS) is 35.5. The van der Waals surface area contributed by atoms with Crippen LogP contribution in [-0.2, 0) is 9.53 Å². The summed E-state index contributed by atoms with van der Waals surface area (Å²) < 4.78 is 5.81. The standard InChI is InChI=1S/C16H30N2O2/c1-5-8-17-14-6-9-18(10-7-14)16(19)15-11(2)12(3)20-13(15)4/h11-15,17H,5-10H2,1-4H3. The van der Waals surface area contributed by atoms with Crippen LogP contribution in [0.3, 0.4) is 0 Å². The number of piperidine rings is 1. The number of ether oxygens (including phenoxy) is 1. The van der Waals surface area contributed by atoms with Crippen LogP contribution < -0.4 is 5.32 Å². The zero-order chi connectivity index (χ0) is 14.7. The van der Waals surface area contributed by atoms with Gasteiger partial charge in [0, 0.05) is 19.1 Å². The number of carbonyl (C=O) groups is 1. The first-order valence-corrected chi connectivity index (χ1v) is 8.22. The summed E-state index contributed by atoms with van der Waals surface area (Å²) in [4.78, 5) is 14.8. The van der Waals surface area contributed by atoms with Gasteiger partial charge in [-0.2, -0.15) is 0 Å². The number of carbonyl (C=O) groups excluding carboxylic acids is 1. The summed E-state index contributed by atoms with van der Waals surface area (Å²) in [5.74, 6) is 0.682. The maximum atomic E-state index is 12.7. The van der Waals surface area contributed by atoms with Gasteiger partial charge in [-0.25, -0.2) is 0 Å². The summed E-state index contributed by atoms with van der Waals surface area (Å²) in [5, 5.41) is 3.56. The van der Waals surface area contributed by atoms with Crippen LogP contribution >= 0.6 is 0 Å². The highest BCUT2D eigenvalue weighted by molar-refractivity contribution is 5.80. The molecule has 116 valence electrons. The van der Waals surface area contributed by atoms with E-state index in [0.29, 0.717) is 17.9 Å². The minimum absolute atomic E-state index is 0.0464. The van der Waals surface area contributed by atoms with Crippen molar-refractivity contribution in [3.63, 3.8) is 0 Å². The van der Waals surface area contributed by atoms with Crippen LogP contribution in [0.1, 0.15) is 47.0 Å². The van der Waals surface area contributed by atoms with Crippen LogP contribution in [0.4, 0.5) is 0 Å². The van der Waals surface area contributed by atoms with Gasteiger partial charge in [-0.05, 0) is 45.6 Å². The molecule has 0 radical (unpaired) electrons. The van der Waals surface area contributed by atoms with Crippen molar-refractivity contribution in [3.8, 4) is 0 Å². The molecule has 4 atom stereocenters. The van der Waals surface area contributed by atoms with Crippen LogP contribution in [-0.4, -0.2) is 48.7 Å².